The number of rotatable bonds is 4. The maximum atomic E-state index is 14.1. The average Bonchev–Trinajstić information content (AvgIpc) is 2.74. The second-order valence-electron chi connectivity index (χ2n) is 6.49. The summed E-state index contributed by atoms with van der Waals surface area (Å²) in [6.07, 6.45) is 0. The fourth-order valence-electron chi connectivity index (χ4n) is 3.21. The van der Waals surface area contributed by atoms with Crippen molar-refractivity contribution in [3.8, 4) is 0 Å². The van der Waals surface area contributed by atoms with E-state index in [9.17, 15) is 4.57 Å². The van der Waals surface area contributed by atoms with Gasteiger partial charge in [0.05, 0.1) is 0 Å². The van der Waals surface area contributed by atoms with Gasteiger partial charge in [0.2, 0.25) is 7.29 Å². The van der Waals surface area contributed by atoms with Crippen molar-refractivity contribution in [2.24, 2.45) is 4.76 Å². The Kier molecular flexibility index (Phi) is 4.75. The van der Waals surface area contributed by atoms with Gasteiger partial charge in [-0.15, -0.1) is 0 Å². The van der Waals surface area contributed by atoms with Gasteiger partial charge in [0.1, 0.15) is 0 Å². The maximum absolute atomic E-state index is 14.1. The van der Waals surface area contributed by atoms with E-state index in [0.717, 1.165) is 27.3 Å². The van der Waals surface area contributed by atoms with Crippen molar-refractivity contribution in [2.75, 3.05) is 0 Å². The van der Waals surface area contributed by atoms with Crippen molar-refractivity contribution in [3.63, 3.8) is 0 Å². The molecule has 0 bridgehead atoms. The van der Waals surface area contributed by atoms with E-state index in [2.05, 4.69) is 24.3 Å². The normalized spacial score (nSPS) is 12.3. The minimum absolute atomic E-state index is 0.747. The van der Waals surface area contributed by atoms with Gasteiger partial charge in [0, 0.05) is 16.3 Å². The van der Waals surface area contributed by atoms with Crippen molar-refractivity contribution in [1.29, 1.82) is 0 Å². The van der Waals surface area contributed by atoms with Crippen LogP contribution in [0.2, 0.25) is 0 Å². The highest BCUT2D eigenvalue weighted by atomic mass is 31.2. The van der Waals surface area contributed by atoms with Crippen molar-refractivity contribution < 1.29 is 4.57 Å². The van der Waals surface area contributed by atoms with Crippen LogP contribution in [0.25, 0.3) is 10.8 Å². The third kappa shape index (κ3) is 3.49. The Labute approximate surface area is 159 Å². The molecule has 0 heterocycles. The van der Waals surface area contributed by atoms with Gasteiger partial charge in [-0.2, -0.15) is 0 Å². The third-order valence-electron chi connectivity index (χ3n) is 4.67. The molecule has 27 heavy (non-hydrogen) atoms. The minimum Gasteiger partial charge on any atom is -0.288 e. The highest BCUT2D eigenvalue weighted by Crippen LogP contribution is 2.45. The van der Waals surface area contributed by atoms with Crippen LogP contribution in [-0.4, -0.2) is 5.71 Å². The summed E-state index contributed by atoms with van der Waals surface area (Å²) in [6, 6.07) is 33.5. The lowest BCUT2D eigenvalue weighted by Crippen LogP contribution is -2.15. The van der Waals surface area contributed by atoms with Gasteiger partial charge in [-0.3, -0.25) is 4.57 Å². The largest absolute Gasteiger partial charge is 0.288 e. The first kappa shape index (κ1) is 17.5. The third-order valence-corrected chi connectivity index (χ3v) is 7.25. The molecule has 0 aliphatic rings. The Morgan fingerprint density at radius 2 is 1.19 bits per heavy atom. The summed E-state index contributed by atoms with van der Waals surface area (Å²) in [4.78, 5) is 0. The zero-order valence-electron chi connectivity index (χ0n) is 15.1. The fraction of sp³-hybridized carbons (Fsp3) is 0.0417. The van der Waals surface area contributed by atoms with Gasteiger partial charge in [0.15, 0.2) is 0 Å². The molecule has 0 spiro atoms. The molecule has 0 saturated heterocycles. The minimum atomic E-state index is -3.12. The predicted octanol–water partition coefficient (Wildman–Crippen LogP) is 5.58. The molecule has 4 aromatic carbocycles. The summed E-state index contributed by atoms with van der Waals surface area (Å²) in [5, 5.41) is 3.83. The predicted molar refractivity (Wildman–Crippen MR) is 116 cm³/mol. The molecule has 4 rings (SSSR count). The summed E-state index contributed by atoms with van der Waals surface area (Å²) in [6.45, 7) is 1.93. The second kappa shape index (κ2) is 7.34. The van der Waals surface area contributed by atoms with Crippen molar-refractivity contribution in [2.45, 2.75) is 6.92 Å². The van der Waals surface area contributed by atoms with Crippen LogP contribution in [0.5, 0.6) is 0 Å². The smallest absolute Gasteiger partial charge is 0.247 e. The molecule has 0 fully saturated rings. The number of nitrogens with zero attached hydrogens (tertiary/aromatic N) is 1. The first-order valence-corrected chi connectivity index (χ1v) is 10.6. The highest BCUT2D eigenvalue weighted by molar-refractivity contribution is 7.77. The topological polar surface area (TPSA) is 29.4 Å². The van der Waals surface area contributed by atoms with Crippen molar-refractivity contribution in [1.82, 2.24) is 0 Å². The quantitative estimate of drug-likeness (QED) is 0.341. The van der Waals surface area contributed by atoms with Gasteiger partial charge < -0.3 is 0 Å². The van der Waals surface area contributed by atoms with E-state index in [-0.39, 0.29) is 0 Å². The summed E-state index contributed by atoms with van der Waals surface area (Å²) in [5.74, 6) is 0. The Balaban J connectivity index is 1.86. The lowest BCUT2D eigenvalue weighted by molar-refractivity contribution is 0.588. The van der Waals surface area contributed by atoms with E-state index < -0.39 is 7.29 Å². The molecule has 0 amide bonds. The van der Waals surface area contributed by atoms with Gasteiger partial charge in [-0.1, -0.05) is 72.8 Å². The van der Waals surface area contributed by atoms with E-state index in [0.29, 0.717) is 0 Å². The molecule has 0 aliphatic carbocycles. The summed E-state index contributed by atoms with van der Waals surface area (Å²) >= 11 is 0. The van der Waals surface area contributed by atoms with Crippen LogP contribution in [0, 0.1) is 0 Å². The standard InChI is InChI=1S/C24H20NOP/c1-19(21-17-16-20-10-8-9-11-22(20)18-21)25-27(26,23-12-4-2-5-13-23)24-14-6-3-7-15-24/h2-18H,1H3/b25-19-. The van der Waals surface area contributed by atoms with E-state index in [4.69, 9.17) is 4.76 Å². The summed E-state index contributed by atoms with van der Waals surface area (Å²) in [5.41, 5.74) is 1.76. The SMILES string of the molecule is C/C(=N/P(=O)(c1ccccc1)c1ccccc1)c1ccc2ccccc2c1. The molecule has 0 atom stereocenters. The second-order valence-corrected chi connectivity index (χ2v) is 8.88. The summed E-state index contributed by atoms with van der Waals surface area (Å²) < 4.78 is 18.9. The Morgan fingerprint density at radius 3 is 1.78 bits per heavy atom. The van der Waals surface area contributed by atoms with E-state index in [1.54, 1.807) is 0 Å². The summed E-state index contributed by atoms with van der Waals surface area (Å²) in [7, 11) is -3.12. The van der Waals surface area contributed by atoms with Crippen molar-refractivity contribution >= 4 is 34.4 Å². The van der Waals surface area contributed by atoms with E-state index in [1.807, 2.05) is 85.8 Å². The molecule has 0 radical (unpaired) electrons. The van der Waals surface area contributed by atoms with Gasteiger partial charge in [0.25, 0.3) is 0 Å². The van der Waals surface area contributed by atoms with Crippen LogP contribution in [0.15, 0.2) is 108 Å². The van der Waals surface area contributed by atoms with Crippen LogP contribution in [0.4, 0.5) is 0 Å². The molecule has 4 aromatic rings. The number of benzene rings is 4. The van der Waals surface area contributed by atoms with Crippen LogP contribution in [0.1, 0.15) is 12.5 Å². The van der Waals surface area contributed by atoms with E-state index in [1.165, 1.54) is 5.39 Å². The monoisotopic (exact) mass is 369 g/mol. The van der Waals surface area contributed by atoms with Gasteiger partial charge >= 0.3 is 0 Å². The van der Waals surface area contributed by atoms with Gasteiger partial charge in [-0.25, -0.2) is 4.76 Å². The number of fused-ring (bicyclic) bond motifs is 1. The van der Waals surface area contributed by atoms with Crippen LogP contribution in [0.3, 0.4) is 0 Å². The molecule has 0 aliphatic heterocycles. The molecule has 2 nitrogen and oxygen atoms in total. The first-order chi connectivity index (χ1) is 13.2. The van der Waals surface area contributed by atoms with Crippen LogP contribution < -0.4 is 10.6 Å². The fourth-order valence-corrected chi connectivity index (χ4v) is 5.43. The zero-order valence-corrected chi connectivity index (χ0v) is 16.0. The molecule has 0 saturated carbocycles. The molecule has 0 aromatic heterocycles. The molecule has 3 heteroatoms. The molecular formula is C24H20NOP. The van der Waals surface area contributed by atoms with E-state index >= 15 is 0 Å². The highest BCUT2D eigenvalue weighted by Gasteiger charge is 2.26. The molecule has 132 valence electrons. The Bertz CT molecular complexity index is 1110. The number of hydrogen-bond acceptors (Lipinski definition) is 1. The van der Waals surface area contributed by atoms with Crippen LogP contribution >= 0.6 is 7.29 Å². The zero-order chi connectivity index (χ0) is 18.7. The number of hydrogen-bond donors (Lipinski definition) is 0. The molecule has 0 unspecified atom stereocenters. The van der Waals surface area contributed by atoms with Gasteiger partial charge in [-0.05, 0) is 53.6 Å². The molecular weight excluding hydrogens is 349 g/mol. The first-order valence-electron chi connectivity index (χ1n) is 8.94. The Morgan fingerprint density at radius 1 is 0.667 bits per heavy atom. The maximum Gasteiger partial charge on any atom is 0.247 e. The van der Waals surface area contributed by atoms with Crippen molar-refractivity contribution in [3.05, 3.63) is 109 Å². The average molecular weight is 369 g/mol. The molecule has 0 N–H and O–H groups in total. The lowest BCUT2D eigenvalue weighted by atomic mass is 10.1. The lowest BCUT2D eigenvalue weighted by Gasteiger charge is -2.16. The Hall–Kier alpha value is -2.96. The van der Waals surface area contributed by atoms with Crippen LogP contribution in [-0.2, 0) is 4.57 Å².